The number of carbonyl (C=O) groups excluding carboxylic acids is 1. The fourth-order valence-electron chi connectivity index (χ4n) is 2.29. The number of rotatable bonds is 4. The van der Waals surface area contributed by atoms with Crippen LogP contribution in [-0.4, -0.2) is 10.9 Å². The summed E-state index contributed by atoms with van der Waals surface area (Å²) in [6.45, 7) is 3.80. The van der Waals surface area contributed by atoms with Crippen LogP contribution in [0.5, 0.6) is 0 Å². The first-order valence-electron chi connectivity index (χ1n) is 7.60. The average molecular weight is 341 g/mol. The Morgan fingerprint density at radius 1 is 1.08 bits per heavy atom. The summed E-state index contributed by atoms with van der Waals surface area (Å²) in [6, 6.07) is 14.7. The first-order valence-corrected chi connectivity index (χ1v) is 7.98. The van der Waals surface area contributed by atoms with Crippen LogP contribution < -0.4 is 5.32 Å². The summed E-state index contributed by atoms with van der Waals surface area (Å²) in [5.74, 6) is 1.32. The molecule has 122 valence electrons. The highest BCUT2D eigenvalue weighted by molar-refractivity contribution is 6.30. The number of benzene rings is 2. The number of nitrogens with one attached hydrogen (secondary N) is 1. The molecule has 0 unspecified atom stereocenters. The van der Waals surface area contributed by atoms with Crippen molar-refractivity contribution in [1.82, 2.24) is 4.98 Å². The average Bonchev–Trinajstić information content (AvgIpc) is 2.89. The van der Waals surface area contributed by atoms with Crippen LogP contribution in [0.4, 0.5) is 5.69 Å². The van der Waals surface area contributed by atoms with Gasteiger partial charge in [0.15, 0.2) is 0 Å². The maximum absolute atomic E-state index is 12.1. The topological polar surface area (TPSA) is 55.1 Å². The van der Waals surface area contributed by atoms with Gasteiger partial charge in [-0.3, -0.25) is 4.79 Å². The van der Waals surface area contributed by atoms with Gasteiger partial charge in [0.05, 0.1) is 12.1 Å². The minimum Gasteiger partial charge on any atom is -0.441 e. The third kappa shape index (κ3) is 3.84. The Labute approximate surface area is 145 Å². The molecule has 0 aliphatic heterocycles. The van der Waals surface area contributed by atoms with Gasteiger partial charge in [0.2, 0.25) is 11.8 Å². The summed E-state index contributed by atoms with van der Waals surface area (Å²) < 4.78 is 5.60. The zero-order chi connectivity index (χ0) is 17.1. The van der Waals surface area contributed by atoms with Crippen LogP contribution in [0.15, 0.2) is 52.9 Å². The molecule has 0 spiro atoms. The van der Waals surface area contributed by atoms with E-state index in [1.54, 1.807) is 12.1 Å². The summed E-state index contributed by atoms with van der Waals surface area (Å²) in [4.78, 5) is 16.5. The molecule has 0 atom stereocenters. The van der Waals surface area contributed by atoms with Crippen molar-refractivity contribution in [2.24, 2.45) is 0 Å². The van der Waals surface area contributed by atoms with Crippen molar-refractivity contribution in [3.8, 4) is 11.5 Å². The number of amides is 1. The Hall–Kier alpha value is -2.59. The smallest absolute Gasteiger partial charge is 0.228 e. The molecule has 0 radical (unpaired) electrons. The molecule has 1 aromatic heterocycles. The van der Waals surface area contributed by atoms with E-state index in [0.29, 0.717) is 17.3 Å². The number of aromatic nitrogens is 1. The van der Waals surface area contributed by atoms with Crippen molar-refractivity contribution in [2.45, 2.75) is 20.3 Å². The maximum atomic E-state index is 12.1. The Bertz CT molecular complexity index is 833. The predicted octanol–water partition coefficient (Wildman–Crippen LogP) is 4.79. The van der Waals surface area contributed by atoms with E-state index < -0.39 is 0 Å². The Balaban J connectivity index is 1.65. The number of nitrogens with zero attached hydrogens (tertiary/aromatic N) is 1. The Morgan fingerprint density at radius 3 is 2.33 bits per heavy atom. The number of carbonyl (C=O) groups is 1. The van der Waals surface area contributed by atoms with Gasteiger partial charge >= 0.3 is 0 Å². The van der Waals surface area contributed by atoms with Crippen molar-refractivity contribution in [3.05, 3.63) is 70.6 Å². The van der Waals surface area contributed by atoms with Crippen LogP contribution in [0.3, 0.4) is 0 Å². The van der Waals surface area contributed by atoms with Gasteiger partial charge in [-0.15, -0.1) is 0 Å². The molecule has 0 aliphatic rings. The number of hydrogen-bond donors (Lipinski definition) is 1. The minimum atomic E-state index is -0.0760. The highest BCUT2D eigenvalue weighted by Crippen LogP contribution is 2.23. The van der Waals surface area contributed by atoms with Crippen molar-refractivity contribution in [2.75, 3.05) is 5.32 Å². The molecule has 0 aliphatic carbocycles. The molecule has 0 bridgehead atoms. The second kappa shape index (κ2) is 6.89. The second-order valence-electron chi connectivity index (χ2n) is 5.59. The van der Waals surface area contributed by atoms with Gasteiger partial charge in [-0.25, -0.2) is 4.98 Å². The lowest BCUT2D eigenvalue weighted by atomic mass is 10.1. The van der Waals surface area contributed by atoms with E-state index >= 15 is 0 Å². The van der Waals surface area contributed by atoms with Crippen molar-refractivity contribution in [3.63, 3.8) is 0 Å². The van der Waals surface area contributed by atoms with Crippen LogP contribution in [0.2, 0.25) is 5.02 Å². The second-order valence-corrected chi connectivity index (χ2v) is 6.03. The summed E-state index contributed by atoms with van der Waals surface area (Å²) in [5.41, 5.74) is 3.41. The van der Waals surface area contributed by atoms with Gasteiger partial charge < -0.3 is 9.73 Å². The van der Waals surface area contributed by atoms with Gasteiger partial charge in [0, 0.05) is 16.3 Å². The van der Waals surface area contributed by atoms with E-state index in [9.17, 15) is 4.79 Å². The summed E-state index contributed by atoms with van der Waals surface area (Å²) in [5, 5.41) is 3.54. The zero-order valence-corrected chi connectivity index (χ0v) is 14.2. The quantitative estimate of drug-likeness (QED) is 0.742. The van der Waals surface area contributed by atoms with Crippen LogP contribution in [0.25, 0.3) is 11.5 Å². The fourth-order valence-corrected chi connectivity index (χ4v) is 2.41. The van der Waals surface area contributed by atoms with E-state index in [1.807, 2.05) is 50.2 Å². The fraction of sp³-hybridized carbons (Fsp3) is 0.158. The standard InChI is InChI=1S/C19H17ClN2O2/c1-12-13(2)24-19(21-12)15-5-9-17(10-6-15)22-18(23)11-14-3-7-16(20)8-4-14/h3-10H,11H2,1-2H3,(H,22,23). The SMILES string of the molecule is Cc1nc(-c2ccc(NC(=O)Cc3ccc(Cl)cc3)cc2)oc1C. The maximum Gasteiger partial charge on any atom is 0.228 e. The van der Waals surface area contributed by atoms with Gasteiger partial charge in [-0.1, -0.05) is 23.7 Å². The monoisotopic (exact) mass is 340 g/mol. The molecule has 0 saturated heterocycles. The van der Waals surface area contributed by atoms with Crippen LogP contribution >= 0.6 is 11.6 Å². The van der Waals surface area contributed by atoms with Crippen molar-refractivity contribution < 1.29 is 9.21 Å². The Morgan fingerprint density at radius 2 is 1.75 bits per heavy atom. The van der Waals surface area contributed by atoms with Crippen molar-refractivity contribution >= 4 is 23.2 Å². The molecular formula is C19H17ClN2O2. The molecule has 5 heteroatoms. The molecule has 3 rings (SSSR count). The van der Waals surface area contributed by atoms with Crippen molar-refractivity contribution in [1.29, 1.82) is 0 Å². The molecule has 2 aromatic carbocycles. The number of halogens is 1. The van der Waals surface area contributed by atoms with Crippen LogP contribution in [0.1, 0.15) is 17.0 Å². The lowest BCUT2D eigenvalue weighted by Gasteiger charge is -2.06. The number of anilines is 1. The lowest BCUT2D eigenvalue weighted by Crippen LogP contribution is -2.14. The Kier molecular flexibility index (Phi) is 4.67. The highest BCUT2D eigenvalue weighted by atomic mass is 35.5. The first-order chi connectivity index (χ1) is 11.5. The summed E-state index contributed by atoms with van der Waals surface area (Å²) in [7, 11) is 0. The largest absolute Gasteiger partial charge is 0.441 e. The van der Waals surface area contributed by atoms with Gasteiger partial charge in [-0.2, -0.15) is 0 Å². The third-order valence-electron chi connectivity index (χ3n) is 3.72. The van der Waals surface area contributed by atoms with E-state index in [2.05, 4.69) is 10.3 Å². The number of oxazole rings is 1. The molecule has 0 saturated carbocycles. The highest BCUT2D eigenvalue weighted by Gasteiger charge is 2.09. The lowest BCUT2D eigenvalue weighted by molar-refractivity contribution is -0.115. The molecule has 24 heavy (non-hydrogen) atoms. The van der Waals surface area contributed by atoms with E-state index in [1.165, 1.54) is 0 Å². The molecule has 1 heterocycles. The van der Waals surface area contributed by atoms with E-state index in [-0.39, 0.29) is 5.91 Å². The van der Waals surface area contributed by atoms with Gasteiger partial charge in [-0.05, 0) is 55.8 Å². The molecular weight excluding hydrogens is 324 g/mol. The number of aryl methyl sites for hydroxylation is 2. The first kappa shape index (κ1) is 16.3. The predicted molar refractivity (Wildman–Crippen MR) is 95.2 cm³/mol. The van der Waals surface area contributed by atoms with Crippen LogP contribution in [-0.2, 0) is 11.2 Å². The van der Waals surface area contributed by atoms with Gasteiger partial charge in [0.1, 0.15) is 5.76 Å². The minimum absolute atomic E-state index is 0.0760. The van der Waals surface area contributed by atoms with Gasteiger partial charge in [0.25, 0.3) is 0 Å². The molecule has 0 fully saturated rings. The molecule has 1 amide bonds. The molecule has 4 nitrogen and oxygen atoms in total. The van der Waals surface area contributed by atoms with E-state index in [0.717, 1.165) is 28.3 Å². The summed E-state index contributed by atoms with van der Waals surface area (Å²) >= 11 is 5.84. The van der Waals surface area contributed by atoms with E-state index in [4.69, 9.17) is 16.0 Å². The molecule has 1 N–H and O–H groups in total. The molecule has 3 aromatic rings. The third-order valence-corrected chi connectivity index (χ3v) is 3.97. The van der Waals surface area contributed by atoms with Crippen LogP contribution in [0, 0.1) is 13.8 Å². The normalized spacial score (nSPS) is 10.6. The zero-order valence-electron chi connectivity index (χ0n) is 13.5. The number of hydrogen-bond acceptors (Lipinski definition) is 3. The summed E-state index contributed by atoms with van der Waals surface area (Å²) in [6.07, 6.45) is 0.303.